The third kappa shape index (κ3) is 2.07. The van der Waals surface area contributed by atoms with Crippen molar-refractivity contribution in [3.05, 3.63) is 30.1 Å². The third-order valence-corrected chi connectivity index (χ3v) is 2.71. The van der Waals surface area contributed by atoms with E-state index in [4.69, 9.17) is 0 Å². The lowest BCUT2D eigenvalue weighted by molar-refractivity contribution is 0.649. The van der Waals surface area contributed by atoms with Gasteiger partial charge in [0.05, 0.1) is 0 Å². The van der Waals surface area contributed by atoms with Gasteiger partial charge in [-0.25, -0.2) is 0 Å². The van der Waals surface area contributed by atoms with Crippen LogP contribution in [-0.2, 0) is 0 Å². The summed E-state index contributed by atoms with van der Waals surface area (Å²) in [6, 6.07) is 4.27. The van der Waals surface area contributed by atoms with Gasteiger partial charge in [0.2, 0.25) is 0 Å². The third-order valence-electron chi connectivity index (χ3n) is 2.71. The average molecular weight is 176 g/mol. The fraction of sp³-hybridized carbons (Fsp3) is 0.545. The van der Waals surface area contributed by atoms with Gasteiger partial charge in [-0.1, -0.05) is 6.92 Å². The van der Waals surface area contributed by atoms with Crippen LogP contribution in [-0.4, -0.2) is 18.1 Å². The number of rotatable bonds is 4. The van der Waals surface area contributed by atoms with Crippen LogP contribution in [0.3, 0.4) is 0 Å². The van der Waals surface area contributed by atoms with E-state index < -0.39 is 0 Å². The van der Waals surface area contributed by atoms with Crippen molar-refractivity contribution in [2.24, 2.45) is 5.92 Å². The molecule has 1 aliphatic carbocycles. The Morgan fingerprint density at radius 1 is 1.46 bits per heavy atom. The molecule has 0 aromatic carbocycles. The van der Waals surface area contributed by atoms with Crippen molar-refractivity contribution in [3.63, 3.8) is 0 Å². The summed E-state index contributed by atoms with van der Waals surface area (Å²) in [7, 11) is 0. The second kappa shape index (κ2) is 3.88. The van der Waals surface area contributed by atoms with E-state index in [9.17, 15) is 0 Å². The number of aromatic nitrogens is 1. The van der Waals surface area contributed by atoms with Gasteiger partial charge >= 0.3 is 0 Å². The van der Waals surface area contributed by atoms with Crippen molar-refractivity contribution in [3.8, 4) is 0 Å². The first kappa shape index (κ1) is 8.70. The Balaban J connectivity index is 1.86. The number of nitrogens with zero attached hydrogens (tertiary/aromatic N) is 1. The van der Waals surface area contributed by atoms with E-state index in [1.165, 1.54) is 18.5 Å². The molecule has 0 amide bonds. The number of hydrogen-bond donors (Lipinski definition) is 1. The molecule has 2 nitrogen and oxygen atoms in total. The molecular weight excluding hydrogens is 160 g/mol. The van der Waals surface area contributed by atoms with Crippen molar-refractivity contribution in [1.29, 1.82) is 0 Å². The second-order valence-corrected chi connectivity index (χ2v) is 3.69. The van der Waals surface area contributed by atoms with Crippen LogP contribution in [0.4, 0.5) is 0 Å². The fourth-order valence-electron chi connectivity index (χ4n) is 1.82. The van der Waals surface area contributed by atoms with E-state index in [1.807, 2.05) is 12.4 Å². The Morgan fingerprint density at radius 3 is 2.92 bits per heavy atom. The molecule has 0 radical (unpaired) electrons. The molecule has 1 saturated carbocycles. The maximum absolute atomic E-state index is 4.03. The average Bonchev–Trinajstić information content (AvgIpc) is 2.95. The number of nitrogens with one attached hydrogen (secondary N) is 1. The summed E-state index contributed by atoms with van der Waals surface area (Å²) in [6.45, 7) is 4.41. The van der Waals surface area contributed by atoms with Crippen molar-refractivity contribution in [2.75, 3.05) is 13.1 Å². The fourth-order valence-corrected chi connectivity index (χ4v) is 1.82. The molecule has 1 aliphatic rings. The Bertz CT molecular complexity index is 258. The van der Waals surface area contributed by atoms with Crippen molar-refractivity contribution >= 4 is 0 Å². The lowest BCUT2D eigenvalue weighted by Crippen LogP contribution is -2.16. The molecule has 2 unspecified atom stereocenters. The van der Waals surface area contributed by atoms with Crippen LogP contribution < -0.4 is 5.32 Å². The summed E-state index contributed by atoms with van der Waals surface area (Å²) < 4.78 is 0. The Kier molecular flexibility index (Phi) is 2.60. The topological polar surface area (TPSA) is 24.9 Å². The van der Waals surface area contributed by atoms with Gasteiger partial charge in [0.25, 0.3) is 0 Å². The van der Waals surface area contributed by atoms with E-state index in [0.29, 0.717) is 0 Å². The maximum Gasteiger partial charge on any atom is 0.0270 e. The zero-order chi connectivity index (χ0) is 9.10. The molecule has 1 fully saturated rings. The van der Waals surface area contributed by atoms with Crippen LogP contribution in [0.15, 0.2) is 24.5 Å². The minimum atomic E-state index is 0.794. The zero-order valence-electron chi connectivity index (χ0n) is 8.03. The Morgan fingerprint density at radius 2 is 2.23 bits per heavy atom. The minimum Gasteiger partial charge on any atom is -0.317 e. The highest BCUT2D eigenvalue weighted by molar-refractivity contribution is 5.23. The first-order chi connectivity index (χ1) is 6.42. The molecule has 1 aromatic heterocycles. The van der Waals surface area contributed by atoms with Gasteiger partial charge in [-0.15, -0.1) is 0 Å². The van der Waals surface area contributed by atoms with Crippen LogP contribution in [0.5, 0.6) is 0 Å². The lowest BCUT2D eigenvalue weighted by atomic mass is 10.1. The highest BCUT2D eigenvalue weighted by Crippen LogP contribution is 2.46. The molecule has 1 heterocycles. The summed E-state index contributed by atoms with van der Waals surface area (Å²) in [4.78, 5) is 4.03. The molecule has 0 saturated heterocycles. The monoisotopic (exact) mass is 176 g/mol. The number of pyridine rings is 1. The molecular formula is C11H16N2. The molecule has 0 aliphatic heterocycles. The van der Waals surface area contributed by atoms with Crippen molar-refractivity contribution in [2.45, 2.75) is 19.3 Å². The van der Waals surface area contributed by atoms with Gasteiger partial charge in [-0.3, -0.25) is 4.98 Å². The maximum atomic E-state index is 4.03. The predicted octanol–water partition coefficient (Wildman–Crippen LogP) is 1.79. The largest absolute Gasteiger partial charge is 0.317 e. The molecule has 0 spiro atoms. The van der Waals surface area contributed by atoms with Gasteiger partial charge in [-0.05, 0) is 49.0 Å². The normalized spacial score (nSPS) is 25.9. The first-order valence-electron chi connectivity index (χ1n) is 5.02. The standard InChI is InChI=1S/C11H16N2/c1-2-12-8-10-7-11(10)9-3-5-13-6-4-9/h3-6,10-12H,2,7-8H2,1H3. The highest BCUT2D eigenvalue weighted by Gasteiger charge is 2.37. The van der Waals surface area contributed by atoms with Crippen molar-refractivity contribution in [1.82, 2.24) is 10.3 Å². The molecule has 2 heteroatoms. The van der Waals surface area contributed by atoms with Crippen LogP contribution >= 0.6 is 0 Å². The second-order valence-electron chi connectivity index (χ2n) is 3.69. The summed E-state index contributed by atoms with van der Waals surface area (Å²) in [5, 5.41) is 3.39. The van der Waals surface area contributed by atoms with E-state index >= 15 is 0 Å². The molecule has 13 heavy (non-hydrogen) atoms. The van der Waals surface area contributed by atoms with Crippen LogP contribution in [0, 0.1) is 5.92 Å². The van der Waals surface area contributed by atoms with Crippen LogP contribution in [0.2, 0.25) is 0 Å². The molecule has 1 N–H and O–H groups in total. The molecule has 2 atom stereocenters. The van der Waals surface area contributed by atoms with Gasteiger partial charge in [0.1, 0.15) is 0 Å². The van der Waals surface area contributed by atoms with E-state index in [0.717, 1.165) is 18.4 Å². The summed E-state index contributed by atoms with van der Waals surface area (Å²) in [5.74, 6) is 1.66. The van der Waals surface area contributed by atoms with Crippen LogP contribution in [0.25, 0.3) is 0 Å². The van der Waals surface area contributed by atoms with E-state index in [2.05, 4.69) is 29.4 Å². The lowest BCUT2D eigenvalue weighted by Gasteiger charge is -2.00. The Labute approximate surface area is 79.4 Å². The SMILES string of the molecule is CCNCC1CC1c1ccncc1. The summed E-state index contributed by atoms with van der Waals surface area (Å²) in [6.07, 6.45) is 5.12. The van der Waals surface area contributed by atoms with Gasteiger partial charge in [-0.2, -0.15) is 0 Å². The van der Waals surface area contributed by atoms with E-state index in [-0.39, 0.29) is 0 Å². The smallest absolute Gasteiger partial charge is 0.0270 e. The molecule has 0 bridgehead atoms. The summed E-state index contributed by atoms with van der Waals surface area (Å²) >= 11 is 0. The number of hydrogen-bond acceptors (Lipinski definition) is 2. The van der Waals surface area contributed by atoms with Gasteiger partial charge in [0, 0.05) is 12.4 Å². The first-order valence-corrected chi connectivity index (χ1v) is 5.02. The van der Waals surface area contributed by atoms with Gasteiger partial charge < -0.3 is 5.32 Å². The van der Waals surface area contributed by atoms with E-state index in [1.54, 1.807) is 0 Å². The minimum absolute atomic E-state index is 0.794. The molecule has 1 aromatic rings. The predicted molar refractivity (Wildman–Crippen MR) is 53.6 cm³/mol. The highest BCUT2D eigenvalue weighted by atomic mass is 14.9. The molecule has 70 valence electrons. The Hall–Kier alpha value is -0.890. The van der Waals surface area contributed by atoms with Gasteiger partial charge in [0.15, 0.2) is 0 Å². The molecule has 2 rings (SSSR count). The zero-order valence-corrected chi connectivity index (χ0v) is 8.03. The van der Waals surface area contributed by atoms with Crippen LogP contribution in [0.1, 0.15) is 24.8 Å². The van der Waals surface area contributed by atoms with Crippen molar-refractivity contribution < 1.29 is 0 Å². The quantitative estimate of drug-likeness (QED) is 0.756. The summed E-state index contributed by atoms with van der Waals surface area (Å²) in [5.41, 5.74) is 1.46.